The third kappa shape index (κ3) is 3.07. The molecule has 2 heterocycles. The second kappa shape index (κ2) is 5.47. The van der Waals surface area contributed by atoms with Gasteiger partial charge >= 0.3 is 5.97 Å². The van der Waals surface area contributed by atoms with Crippen molar-refractivity contribution in [2.75, 3.05) is 13.1 Å². The van der Waals surface area contributed by atoms with E-state index in [9.17, 15) is 14.7 Å². The van der Waals surface area contributed by atoms with E-state index in [0.717, 1.165) is 0 Å². The van der Waals surface area contributed by atoms with Gasteiger partial charge in [0, 0.05) is 38.8 Å². The Hall–Kier alpha value is -1.90. The zero-order valence-electron chi connectivity index (χ0n) is 12.5. The largest absolute Gasteiger partial charge is 0.481 e. The molecule has 0 saturated carbocycles. The number of carboxylic acid groups (broad SMARTS) is 1. The number of hydrogen-bond donors (Lipinski definition) is 1. The molecule has 0 unspecified atom stereocenters. The van der Waals surface area contributed by atoms with E-state index in [2.05, 4.69) is 16.1 Å². The van der Waals surface area contributed by atoms with E-state index in [-0.39, 0.29) is 18.4 Å². The first-order valence-corrected chi connectivity index (χ1v) is 7.22. The van der Waals surface area contributed by atoms with Gasteiger partial charge in [-0.1, -0.05) is 6.92 Å². The molecule has 1 fully saturated rings. The minimum atomic E-state index is -0.856. The number of nitrogens with zero attached hydrogens (tertiary/aromatic N) is 3. The topological polar surface area (TPSA) is 82.3 Å². The summed E-state index contributed by atoms with van der Waals surface area (Å²) in [5.74, 6) is 1.64. The van der Waals surface area contributed by atoms with E-state index in [1.165, 1.54) is 0 Å². The molecule has 0 spiro atoms. The van der Waals surface area contributed by atoms with Crippen LogP contribution in [0.15, 0.2) is 10.2 Å². The first-order valence-electron chi connectivity index (χ1n) is 7.22. The highest BCUT2D eigenvalue weighted by Crippen LogP contribution is 2.39. The molecule has 6 heteroatoms. The van der Waals surface area contributed by atoms with Crippen LogP contribution in [0.4, 0.5) is 0 Å². The molecule has 0 aromatic carbocycles. The summed E-state index contributed by atoms with van der Waals surface area (Å²) >= 11 is 0. The van der Waals surface area contributed by atoms with Crippen molar-refractivity contribution in [3.05, 3.63) is 0 Å². The quantitative estimate of drug-likeness (QED) is 0.759. The highest BCUT2D eigenvalue weighted by molar-refractivity contribution is 5.80. The Kier molecular flexibility index (Phi) is 4.04. The van der Waals surface area contributed by atoms with E-state index in [0.29, 0.717) is 32.2 Å². The lowest BCUT2D eigenvalue weighted by Gasteiger charge is -2.22. The smallest absolute Gasteiger partial charge is 0.311 e. The summed E-state index contributed by atoms with van der Waals surface area (Å²) in [4.78, 5) is 25.3. The van der Waals surface area contributed by atoms with Crippen molar-refractivity contribution < 1.29 is 14.7 Å². The van der Waals surface area contributed by atoms with Gasteiger partial charge in [-0.2, -0.15) is 10.2 Å². The molecule has 2 rings (SSSR count). The fraction of sp³-hybridized carbons (Fsp3) is 0.733. The van der Waals surface area contributed by atoms with Crippen LogP contribution in [0.3, 0.4) is 0 Å². The second-order valence-electron chi connectivity index (χ2n) is 6.28. The zero-order chi connectivity index (χ0) is 15.7. The van der Waals surface area contributed by atoms with Crippen molar-refractivity contribution in [3.63, 3.8) is 0 Å². The van der Waals surface area contributed by atoms with Crippen LogP contribution in [0.2, 0.25) is 0 Å². The Morgan fingerprint density at radius 3 is 2.57 bits per heavy atom. The van der Waals surface area contributed by atoms with E-state index in [4.69, 9.17) is 6.42 Å². The molecule has 2 aliphatic rings. The number of rotatable bonds is 6. The number of terminal acetylenes is 1. The van der Waals surface area contributed by atoms with Gasteiger partial charge in [-0.15, -0.1) is 12.3 Å². The Morgan fingerprint density at radius 1 is 1.43 bits per heavy atom. The number of carbonyl (C=O) groups excluding carboxylic acids is 1. The maximum absolute atomic E-state index is 12.3. The third-order valence-electron chi connectivity index (χ3n) is 4.73. The van der Waals surface area contributed by atoms with Gasteiger partial charge in [-0.3, -0.25) is 9.59 Å². The fourth-order valence-corrected chi connectivity index (χ4v) is 2.75. The molecule has 2 atom stereocenters. The summed E-state index contributed by atoms with van der Waals surface area (Å²) in [5, 5.41) is 17.3. The molecular formula is C15H21N3O3. The van der Waals surface area contributed by atoms with Crippen molar-refractivity contribution in [2.24, 2.45) is 21.6 Å². The molecule has 0 aromatic heterocycles. The number of aliphatic carboxylic acids is 1. The lowest BCUT2D eigenvalue weighted by atomic mass is 9.81. The summed E-state index contributed by atoms with van der Waals surface area (Å²) in [6.07, 6.45) is 7.40. The summed E-state index contributed by atoms with van der Waals surface area (Å²) in [7, 11) is 0. The molecule has 1 N–H and O–H groups in total. The predicted octanol–water partition coefficient (Wildman–Crippen LogP) is 1.91. The van der Waals surface area contributed by atoms with Gasteiger partial charge in [0.25, 0.3) is 0 Å². The average molecular weight is 291 g/mol. The van der Waals surface area contributed by atoms with Crippen LogP contribution in [-0.4, -0.2) is 40.6 Å². The van der Waals surface area contributed by atoms with Gasteiger partial charge in [0.2, 0.25) is 5.91 Å². The van der Waals surface area contributed by atoms with Crippen molar-refractivity contribution in [2.45, 2.75) is 45.2 Å². The number of amides is 1. The number of carboxylic acids is 1. The average Bonchev–Trinajstić information content (AvgIpc) is 3.14. The highest BCUT2D eigenvalue weighted by atomic mass is 16.4. The standard InChI is InChI=1S/C15H21N3O3/c1-4-5-7-15(16-17-15)8-6-12(19)18-9-11(2)14(3,10-18)13(20)21/h1,11H,5-10H2,2-3H3,(H,20,21)/t11-,14-/m1/s1. The lowest BCUT2D eigenvalue weighted by molar-refractivity contribution is -0.149. The Labute approximate surface area is 124 Å². The van der Waals surface area contributed by atoms with Crippen LogP contribution >= 0.6 is 0 Å². The van der Waals surface area contributed by atoms with Crippen LogP contribution in [0.5, 0.6) is 0 Å². The first kappa shape index (κ1) is 15.5. The molecule has 0 aromatic rings. The third-order valence-corrected chi connectivity index (χ3v) is 4.73. The Bertz CT molecular complexity index is 517. The minimum Gasteiger partial charge on any atom is -0.481 e. The summed E-state index contributed by atoms with van der Waals surface area (Å²) in [5.41, 5.74) is -1.31. The Morgan fingerprint density at radius 2 is 2.10 bits per heavy atom. The monoisotopic (exact) mass is 291 g/mol. The van der Waals surface area contributed by atoms with Crippen LogP contribution in [-0.2, 0) is 9.59 Å². The van der Waals surface area contributed by atoms with Crippen LogP contribution in [0.1, 0.15) is 39.5 Å². The van der Waals surface area contributed by atoms with Gasteiger partial charge in [-0.05, 0) is 12.8 Å². The van der Waals surface area contributed by atoms with Crippen LogP contribution < -0.4 is 0 Å². The SMILES string of the molecule is C#CCCC1(CCC(=O)N2C[C@@H](C)[C@](C)(C(=O)O)C2)N=N1. The van der Waals surface area contributed by atoms with E-state index >= 15 is 0 Å². The van der Waals surface area contributed by atoms with Gasteiger partial charge < -0.3 is 10.0 Å². The van der Waals surface area contributed by atoms with Crippen molar-refractivity contribution >= 4 is 11.9 Å². The molecule has 1 amide bonds. The minimum absolute atomic E-state index is 0.0239. The van der Waals surface area contributed by atoms with Crippen molar-refractivity contribution in [1.29, 1.82) is 0 Å². The molecule has 21 heavy (non-hydrogen) atoms. The highest BCUT2D eigenvalue weighted by Gasteiger charge is 2.48. The predicted molar refractivity (Wildman–Crippen MR) is 76.4 cm³/mol. The zero-order valence-corrected chi connectivity index (χ0v) is 12.5. The maximum atomic E-state index is 12.3. The molecule has 0 radical (unpaired) electrons. The summed E-state index contributed by atoms with van der Waals surface area (Å²) in [6, 6.07) is 0. The molecule has 0 aliphatic carbocycles. The molecule has 114 valence electrons. The number of carbonyl (C=O) groups is 2. The number of hydrogen-bond acceptors (Lipinski definition) is 4. The van der Waals surface area contributed by atoms with E-state index < -0.39 is 17.0 Å². The van der Waals surface area contributed by atoms with Crippen molar-refractivity contribution in [1.82, 2.24) is 4.90 Å². The molecule has 2 aliphatic heterocycles. The Balaban J connectivity index is 1.86. The van der Waals surface area contributed by atoms with Gasteiger partial charge in [0.15, 0.2) is 5.66 Å². The summed E-state index contributed by atoms with van der Waals surface area (Å²) in [6.45, 7) is 4.34. The van der Waals surface area contributed by atoms with Crippen LogP contribution in [0.25, 0.3) is 0 Å². The van der Waals surface area contributed by atoms with E-state index in [1.54, 1.807) is 11.8 Å². The summed E-state index contributed by atoms with van der Waals surface area (Å²) < 4.78 is 0. The van der Waals surface area contributed by atoms with Gasteiger partial charge in [0.1, 0.15) is 0 Å². The normalized spacial score (nSPS) is 29.2. The lowest BCUT2D eigenvalue weighted by Crippen LogP contribution is -2.36. The second-order valence-corrected chi connectivity index (χ2v) is 6.28. The van der Waals surface area contributed by atoms with Crippen LogP contribution in [0, 0.1) is 23.7 Å². The number of likely N-dealkylation sites (tertiary alicyclic amines) is 1. The first-order chi connectivity index (χ1) is 9.83. The maximum Gasteiger partial charge on any atom is 0.311 e. The molecular weight excluding hydrogens is 270 g/mol. The fourth-order valence-electron chi connectivity index (χ4n) is 2.75. The molecule has 0 bridgehead atoms. The van der Waals surface area contributed by atoms with Gasteiger partial charge in [-0.25, -0.2) is 0 Å². The molecule has 6 nitrogen and oxygen atoms in total. The van der Waals surface area contributed by atoms with E-state index in [1.807, 2.05) is 6.92 Å². The van der Waals surface area contributed by atoms with Gasteiger partial charge in [0.05, 0.1) is 5.41 Å². The molecule has 1 saturated heterocycles. The van der Waals surface area contributed by atoms with Crippen molar-refractivity contribution in [3.8, 4) is 12.3 Å².